The summed E-state index contributed by atoms with van der Waals surface area (Å²) in [4.78, 5) is 20.0. The number of rotatable bonds is 4. The number of nitrogen functional groups attached to an aromatic ring is 1. The van der Waals surface area contributed by atoms with Crippen LogP contribution in [0.3, 0.4) is 0 Å². The summed E-state index contributed by atoms with van der Waals surface area (Å²) in [6.45, 7) is 0.243. The summed E-state index contributed by atoms with van der Waals surface area (Å²) in [5, 5.41) is 4.24. The number of anilines is 1. The van der Waals surface area contributed by atoms with Gasteiger partial charge in [-0.05, 0) is 23.8 Å². The first-order valence-electron chi connectivity index (χ1n) is 6.93. The predicted molar refractivity (Wildman–Crippen MR) is 87.3 cm³/mol. The lowest BCUT2D eigenvalue weighted by Crippen LogP contribution is -2.23. The van der Waals surface area contributed by atoms with Crippen LogP contribution in [0.25, 0.3) is 10.6 Å². The molecule has 1 amide bonds. The van der Waals surface area contributed by atoms with Crippen molar-refractivity contribution >= 4 is 23.1 Å². The number of thiazole rings is 1. The second-order valence-electron chi connectivity index (χ2n) is 4.91. The first-order chi connectivity index (χ1) is 11.5. The highest BCUT2D eigenvalue weighted by Gasteiger charge is 2.17. The summed E-state index contributed by atoms with van der Waals surface area (Å²) < 4.78 is 27.5. The van der Waals surface area contributed by atoms with E-state index in [9.17, 15) is 13.6 Å². The zero-order valence-electron chi connectivity index (χ0n) is 12.3. The minimum absolute atomic E-state index is 0.0982. The molecule has 3 aromatic rings. The quantitative estimate of drug-likeness (QED) is 0.761. The Labute approximate surface area is 140 Å². The second-order valence-corrected chi connectivity index (χ2v) is 5.77. The average Bonchev–Trinajstić information content (AvgIpc) is 3.03. The van der Waals surface area contributed by atoms with Gasteiger partial charge in [0.2, 0.25) is 0 Å². The van der Waals surface area contributed by atoms with Crippen LogP contribution in [0.5, 0.6) is 0 Å². The highest BCUT2D eigenvalue weighted by Crippen LogP contribution is 2.28. The molecule has 0 aliphatic carbocycles. The Morgan fingerprint density at radius 2 is 1.96 bits per heavy atom. The first kappa shape index (κ1) is 16.0. The number of nitrogens with zero attached hydrogens (tertiary/aromatic N) is 2. The molecule has 0 spiro atoms. The van der Waals surface area contributed by atoms with E-state index in [-0.39, 0.29) is 22.8 Å². The highest BCUT2D eigenvalue weighted by molar-refractivity contribution is 7.13. The summed E-state index contributed by atoms with van der Waals surface area (Å²) in [6, 6.07) is 6.94. The monoisotopic (exact) mass is 346 g/mol. The van der Waals surface area contributed by atoms with Crippen LogP contribution >= 0.6 is 11.3 Å². The Bertz CT molecular complexity index is 860. The van der Waals surface area contributed by atoms with Crippen LogP contribution in [0.15, 0.2) is 41.9 Å². The van der Waals surface area contributed by atoms with Gasteiger partial charge in [-0.3, -0.25) is 4.79 Å². The zero-order valence-corrected chi connectivity index (χ0v) is 13.1. The van der Waals surface area contributed by atoms with E-state index in [0.29, 0.717) is 5.82 Å². The molecule has 0 aliphatic heterocycles. The smallest absolute Gasteiger partial charge is 0.271 e. The Morgan fingerprint density at radius 3 is 2.62 bits per heavy atom. The third kappa shape index (κ3) is 3.38. The fourth-order valence-electron chi connectivity index (χ4n) is 2.01. The molecule has 0 unspecified atom stereocenters. The predicted octanol–water partition coefficient (Wildman–Crippen LogP) is 3.00. The number of hydrogen-bond donors (Lipinski definition) is 2. The summed E-state index contributed by atoms with van der Waals surface area (Å²) in [5.74, 6) is -1.49. The molecule has 2 aromatic heterocycles. The molecule has 0 saturated heterocycles. The van der Waals surface area contributed by atoms with Gasteiger partial charge in [-0.2, -0.15) is 0 Å². The molecule has 5 nitrogen and oxygen atoms in total. The van der Waals surface area contributed by atoms with Crippen molar-refractivity contribution in [2.75, 3.05) is 5.73 Å². The molecule has 2 heterocycles. The van der Waals surface area contributed by atoms with Gasteiger partial charge in [-0.1, -0.05) is 12.1 Å². The van der Waals surface area contributed by atoms with E-state index in [1.54, 1.807) is 18.3 Å². The largest absolute Gasteiger partial charge is 0.384 e. The van der Waals surface area contributed by atoms with Gasteiger partial charge >= 0.3 is 0 Å². The average molecular weight is 346 g/mol. The molecule has 24 heavy (non-hydrogen) atoms. The van der Waals surface area contributed by atoms with Gasteiger partial charge in [0, 0.05) is 18.1 Å². The normalized spacial score (nSPS) is 10.6. The van der Waals surface area contributed by atoms with Gasteiger partial charge in [-0.25, -0.2) is 18.7 Å². The lowest BCUT2D eigenvalue weighted by Gasteiger charge is -2.03. The number of benzene rings is 1. The number of pyridine rings is 1. The van der Waals surface area contributed by atoms with E-state index in [0.717, 1.165) is 29.0 Å². The maximum absolute atomic E-state index is 13.8. The molecule has 0 bridgehead atoms. The standard InChI is InChI=1S/C16H12F2N4OS/c17-10-2-1-3-11(18)14(10)16-22-12(8-24-16)15(23)21-7-9-4-5-13(19)20-6-9/h1-6,8H,7H2,(H2,19,20)(H,21,23). The van der Waals surface area contributed by atoms with Gasteiger partial charge in [0.25, 0.3) is 5.91 Å². The Kier molecular flexibility index (Phi) is 4.48. The van der Waals surface area contributed by atoms with Crippen LogP contribution < -0.4 is 11.1 Å². The van der Waals surface area contributed by atoms with E-state index < -0.39 is 17.5 Å². The van der Waals surface area contributed by atoms with E-state index in [4.69, 9.17) is 5.73 Å². The molecule has 1 aromatic carbocycles. The molecule has 0 saturated carbocycles. The second kappa shape index (κ2) is 6.71. The molecule has 0 aliphatic rings. The number of nitrogens with two attached hydrogens (primary N) is 1. The molecule has 3 N–H and O–H groups in total. The van der Waals surface area contributed by atoms with E-state index in [1.807, 2.05) is 0 Å². The van der Waals surface area contributed by atoms with Gasteiger partial charge in [0.05, 0.1) is 5.56 Å². The fourth-order valence-corrected chi connectivity index (χ4v) is 2.86. The molecular weight excluding hydrogens is 334 g/mol. The van der Waals surface area contributed by atoms with Crippen LogP contribution in [-0.2, 0) is 6.54 Å². The highest BCUT2D eigenvalue weighted by atomic mass is 32.1. The van der Waals surface area contributed by atoms with Gasteiger partial charge in [0.1, 0.15) is 28.2 Å². The number of carbonyl (C=O) groups is 1. The molecule has 3 rings (SSSR count). The number of halogens is 2. The first-order valence-corrected chi connectivity index (χ1v) is 7.81. The maximum Gasteiger partial charge on any atom is 0.271 e. The fraction of sp³-hybridized carbons (Fsp3) is 0.0625. The Morgan fingerprint density at radius 1 is 1.21 bits per heavy atom. The molecule has 122 valence electrons. The molecular formula is C16H12F2N4OS. The van der Waals surface area contributed by atoms with Crippen molar-refractivity contribution in [2.45, 2.75) is 6.54 Å². The zero-order chi connectivity index (χ0) is 17.1. The van der Waals surface area contributed by atoms with Crippen molar-refractivity contribution in [3.8, 4) is 10.6 Å². The Balaban J connectivity index is 1.73. The van der Waals surface area contributed by atoms with Crippen LogP contribution in [0.2, 0.25) is 0 Å². The number of hydrogen-bond acceptors (Lipinski definition) is 5. The number of nitrogens with one attached hydrogen (secondary N) is 1. The SMILES string of the molecule is Nc1ccc(CNC(=O)c2csc(-c3c(F)cccc3F)n2)cn1. The van der Waals surface area contributed by atoms with Crippen LogP contribution in [0.1, 0.15) is 16.1 Å². The van der Waals surface area contributed by atoms with Crippen molar-refractivity contribution in [2.24, 2.45) is 0 Å². The summed E-state index contributed by atoms with van der Waals surface area (Å²) in [5.41, 5.74) is 6.13. The lowest BCUT2D eigenvalue weighted by atomic mass is 10.2. The van der Waals surface area contributed by atoms with Crippen LogP contribution in [0.4, 0.5) is 14.6 Å². The van der Waals surface area contributed by atoms with Crippen molar-refractivity contribution in [1.82, 2.24) is 15.3 Å². The minimum atomic E-state index is -0.718. The van der Waals surface area contributed by atoms with Crippen LogP contribution in [0, 0.1) is 11.6 Å². The van der Waals surface area contributed by atoms with Gasteiger partial charge in [0.15, 0.2) is 0 Å². The number of carbonyl (C=O) groups excluding carboxylic acids is 1. The van der Waals surface area contributed by atoms with Crippen molar-refractivity contribution in [3.63, 3.8) is 0 Å². The summed E-state index contributed by atoms with van der Waals surface area (Å²) in [6.07, 6.45) is 1.55. The van der Waals surface area contributed by atoms with E-state index >= 15 is 0 Å². The van der Waals surface area contributed by atoms with E-state index in [1.165, 1.54) is 11.4 Å². The Hall–Kier alpha value is -2.87. The van der Waals surface area contributed by atoms with Crippen molar-refractivity contribution in [3.05, 3.63) is 64.8 Å². The third-order valence-electron chi connectivity index (χ3n) is 3.21. The van der Waals surface area contributed by atoms with Crippen molar-refractivity contribution in [1.29, 1.82) is 0 Å². The van der Waals surface area contributed by atoms with Gasteiger partial charge in [-0.15, -0.1) is 11.3 Å². The van der Waals surface area contributed by atoms with Gasteiger partial charge < -0.3 is 11.1 Å². The molecule has 8 heteroatoms. The molecule has 0 fully saturated rings. The number of aromatic nitrogens is 2. The summed E-state index contributed by atoms with van der Waals surface area (Å²) in [7, 11) is 0. The third-order valence-corrected chi connectivity index (χ3v) is 4.07. The number of amides is 1. The van der Waals surface area contributed by atoms with Crippen molar-refractivity contribution < 1.29 is 13.6 Å². The van der Waals surface area contributed by atoms with Crippen LogP contribution in [-0.4, -0.2) is 15.9 Å². The minimum Gasteiger partial charge on any atom is -0.384 e. The maximum atomic E-state index is 13.8. The molecule has 0 atom stereocenters. The van der Waals surface area contributed by atoms with E-state index in [2.05, 4.69) is 15.3 Å². The molecule has 0 radical (unpaired) electrons. The topological polar surface area (TPSA) is 80.9 Å². The summed E-state index contributed by atoms with van der Waals surface area (Å²) >= 11 is 1.00. The lowest BCUT2D eigenvalue weighted by molar-refractivity contribution is 0.0946.